The summed E-state index contributed by atoms with van der Waals surface area (Å²) in [6.07, 6.45) is 5.98. The molecule has 74 valence electrons. The van der Waals surface area contributed by atoms with Gasteiger partial charge >= 0.3 is 0 Å². The van der Waals surface area contributed by atoms with Crippen LogP contribution in [-0.2, 0) is 0 Å². The summed E-state index contributed by atoms with van der Waals surface area (Å²) in [5.41, 5.74) is 0.137. The molecule has 3 heteroatoms. The largest absolute Gasteiger partial charge is 0.472 e. The summed E-state index contributed by atoms with van der Waals surface area (Å²) in [6, 6.07) is 4.00. The summed E-state index contributed by atoms with van der Waals surface area (Å²) in [4.78, 5) is 0. The van der Waals surface area contributed by atoms with E-state index in [0.717, 1.165) is 25.7 Å². The lowest BCUT2D eigenvalue weighted by Gasteiger charge is -2.25. The van der Waals surface area contributed by atoms with Crippen LogP contribution in [0.5, 0.6) is 0 Å². The fourth-order valence-corrected chi connectivity index (χ4v) is 2.20. The summed E-state index contributed by atoms with van der Waals surface area (Å²) < 4.78 is 4.92. The first kappa shape index (κ1) is 9.29. The van der Waals surface area contributed by atoms with E-state index in [2.05, 4.69) is 6.07 Å². The topological polar surface area (TPSA) is 57.2 Å². The molecule has 0 aromatic carbocycles. The number of aliphatic hydroxyl groups excluding tert-OH is 1. The first-order valence-corrected chi connectivity index (χ1v) is 4.90. The summed E-state index contributed by atoms with van der Waals surface area (Å²) >= 11 is 0. The minimum absolute atomic E-state index is 0.579. The molecule has 1 saturated carbocycles. The number of hydrogen-bond acceptors (Lipinski definition) is 3. The van der Waals surface area contributed by atoms with E-state index in [1.807, 2.05) is 0 Å². The lowest BCUT2D eigenvalue weighted by Crippen LogP contribution is -2.23. The van der Waals surface area contributed by atoms with E-state index in [0.29, 0.717) is 5.56 Å². The van der Waals surface area contributed by atoms with Gasteiger partial charge in [0.25, 0.3) is 0 Å². The first-order valence-electron chi connectivity index (χ1n) is 4.90. The molecule has 0 bridgehead atoms. The van der Waals surface area contributed by atoms with Gasteiger partial charge in [-0.05, 0) is 18.9 Å². The fourth-order valence-electron chi connectivity index (χ4n) is 2.20. The minimum Gasteiger partial charge on any atom is -0.472 e. The van der Waals surface area contributed by atoms with Crippen LogP contribution in [0.15, 0.2) is 23.0 Å². The molecule has 2 rings (SSSR count). The van der Waals surface area contributed by atoms with E-state index in [-0.39, 0.29) is 0 Å². The monoisotopic (exact) mass is 191 g/mol. The minimum atomic E-state index is -0.700. The number of nitriles is 1. The molecule has 3 nitrogen and oxygen atoms in total. The Hall–Kier alpha value is -1.27. The molecule has 1 aromatic rings. The Morgan fingerprint density at radius 1 is 1.50 bits per heavy atom. The lowest BCUT2D eigenvalue weighted by molar-refractivity contribution is 0.0666. The molecule has 0 saturated heterocycles. The molecule has 0 spiro atoms. The Labute approximate surface area is 83.0 Å². The highest BCUT2D eigenvalue weighted by atomic mass is 16.3. The molecule has 0 aliphatic heterocycles. The van der Waals surface area contributed by atoms with E-state index in [9.17, 15) is 5.11 Å². The molecule has 1 atom stereocenters. The van der Waals surface area contributed by atoms with Crippen molar-refractivity contribution in [3.63, 3.8) is 0 Å². The Morgan fingerprint density at radius 2 is 2.21 bits per heavy atom. The van der Waals surface area contributed by atoms with Gasteiger partial charge in [-0.3, -0.25) is 0 Å². The third-order valence-electron chi connectivity index (χ3n) is 3.10. The molecular weight excluding hydrogens is 178 g/mol. The molecule has 1 aliphatic rings. The van der Waals surface area contributed by atoms with Crippen molar-refractivity contribution in [2.75, 3.05) is 0 Å². The molecule has 1 fully saturated rings. The summed E-state index contributed by atoms with van der Waals surface area (Å²) in [6.45, 7) is 0. The quantitative estimate of drug-likeness (QED) is 0.780. The van der Waals surface area contributed by atoms with Crippen molar-refractivity contribution in [3.05, 3.63) is 24.2 Å². The second kappa shape index (κ2) is 3.47. The van der Waals surface area contributed by atoms with E-state index in [4.69, 9.17) is 9.68 Å². The van der Waals surface area contributed by atoms with E-state index >= 15 is 0 Å². The molecule has 1 heterocycles. The van der Waals surface area contributed by atoms with Crippen LogP contribution in [0.4, 0.5) is 0 Å². The van der Waals surface area contributed by atoms with E-state index in [1.54, 1.807) is 6.07 Å². The molecular formula is C11H13NO2. The highest BCUT2D eigenvalue weighted by Crippen LogP contribution is 2.47. The first-order chi connectivity index (χ1) is 6.78. The van der Waals surface area contributed by atoms with Crippen LogP contribution < -0.4 is 0 Å². The SMILES string of the molecule is N#CC1(C(O)c2ccoc2)CCCC1. The average molecular weight is 191 g/mol. The van der Waals surface area contributed by atoms with Crippen LogP contribution in [0.1, 0.15) is 37.4 Å². The number of furan rings is 1. The second-order valence-electron chi connectivity index (χ2n) is 3.93. The second-order valence-corrected chi connectivity index (χ2v) is 3.93. The van der Waals surface area contributed by atoms with Gasteiger partial charge in [0.05, 0.1) is 24.0 Å². The van der Waals surface area contributed by atoms with Crippen molar-refractivity contribution in [3.8, 4) is 6.07 Å². The van der Waals surface area contributed by atoms with Gasteiger partial charge in [-0.25, -0.2) is 0 Å². The summed E-state index contributed by atoms with van der Waals surface area (Å²) in [5, 5.41) is 19.2. The molecule has 14 heavy (non-hydrogen) atoms. The molecule has 1 aromatic heterocycles. The highest BCUT2D eigenvalue weighted by Gasteiger charge is 2.42. The van der Waals surface area contributed by atoms with Crippen LogP contribution in [0.3, 0.4) is 0 Å². The van der Waals surface area contributed by atoms with Crippen molar-refractivity contribution >= 4 is 0 Å². The van der Waals surface area contributed by atoms with Gasteiger partial charge in [0.1, 0.15) is 6.10 Å². The Morgan fingerprint density at radius 3 is 2.71 bits per heavy atom. The maximum atomic E-state index is 10.1. The standard InChI is InChI=1S/C11H13NO2/c12-8-11(4-1-2-5-11)10(13)9-3-6-14-7-9/h3,6-7,10,13H,1-2,4-5H2. The molecule has 1 aliphatic carbocycles. The average Bonchev–Trinajstić information content (AvgIpc) is 2.89. The van der Waals surface area contributed by atoms with Crippen molar-refractivity contribution in [1.29, 1.82) is 5.26 Å². The predicted molar refractivity (Wildman–Crippen MR) is 50.2 cm³/mol. The van der Waals surface area contributed by atoms with Crippen LogP contribution in [0, 0.1) is 16.7 Å². The van der Waals surface area contributed by atoms with Crippen molar-refractivity contribution in [2.24, 2.45) is 5.41 Å². The third kappa shape index (κ3) is 1.32. The number of hydrogen-bond donors (Lipinski definition) is 1. The van der Waals surface area contributed by atoms with Gasteiger partial charge < -0.3 is 9.52 Å². The van der Waals surface area contributed by atoms with Crippen LogP contribution >= 0.6 is 0 Å². The van der Waals surface area contributed by atoms with E-state index in [1.165, 1.54) is 12.5 Å². The van der Waals surface area contributed by atoms with Crippen LogP contribution in [0.25, 0.3) is 0 Å². The molecule has 0 amide bonds. The van der Waals surface area contributed by atoms with Gasteiger partial charge in [0.15, 0.2) is 0 Å². The lowest BCUT2D eigenvalue weighted by atomic mass is 9.79. The van der Waals surface area contributed by atoms with Crippen LogP contribution in [-0.4, -0.2) is 5.11 Å². The molecule has 0 radical (unpaired) electrons. The van der Waals surface area contributed by atoms with E-state index < -0.39 is 11.5 Å². The van der Waals surface area contributed by atoms with Crippen LogP contribution in [0.2, 0.25) is 0 Å². The third-order valence-corrected chi connectivity index (χ3v) is 3.10. The van der Waals surface area contributed by atoms with Gasteiger partial charge in [0, 0.05) is 5.56 Å². The Kier molecular flexibility index (Phi) is 2.30. The van der Waals surface area contributed by atoms with Crippen molar-refractivity contribution in [2.45, 2.75) is 31.8 Å². The highest BCUT2D eigenvalue weighted by molar-refractivity contribution is 5.19. The summed E-state index contributed by atoms with van der Waals surface area (Å²) in [7, 11) is 0. The number of aliphatic hydroxyl groups is 1. The van der Waals surface area contributed by atoms with Crippen molar-refractivity contribution in [1.82, 2.24) is 0 Å². The van der Waals surface area contributed by atoms with Gasteiger partial charge in [-0.2, -0.15) is 5.26 Å². The predicted octanol–water partition coefficient (Wildman–Crippen LogP) is 2.40. The van der Waals surface area contributed by atoms with Gasteiger partial charge in [0.2, 0.25) is 0 Å². The zero-order valence-electron chi connectivity index (χ0n) is 7.94. The molecule has 1 unspecified atom stereocenters. The maximum absolute atomic E-state index is 10.1. The number of nitrogens with zero attached hydrogens (tertiary/aromatic N) is 1. The smallest absolute Gasteiger partial charge is 0.101 e. The maximum Gasteiger partial charge on any atom is 0.101 e. The zero-order valence-corrected chi connectivity index (χ0v) is 7.94. The molecule has 1 N–H and O–H groups in total. The van der Waals surface area contributed by atoms with Gasteiger partial charge in [-0.1, -0.05) is 12.8 Å². The van der Waals surface area contributed by atoms with Crippen molar-refractivity contribution < 1.29 is 9.52 Å². The Bertz CT molecular complexity index is 331. The zero-order chi connectivity index (χ0) is 10.0. The number of rotatable bonds is 2. The Balaban J connectivity index is 2.25. The summed E-state index contributed by atoms with van der Waals surface area (Å²) in [5.74, 6) is 0. The normalized spacial score (nSPS) is 21.7. The van der Waals surface area contributed by atoms with Gasteiger partial charge in [-0.15, -0.1) is 0 Å². The fraction of sp³-hybridized carbons (Fsp3) is 0.545.